The molecule has 2 nitrogen and oxygen atoms in total. The van der Waals surface area contributed by atoms with Crippen LogP contribution in [0, 0.1) is 0 Å². The fraction of sp³-hybridized carbons (Fsp3) is 0.400. The van der Waals surface area contributed by atoms with Crippen LogP contribution in [0.5, 0.6) is 0 Å². The molecule has 0 atom stereocenters. The molecule has 0 heterocycles. The Morgan fingerprint density at radius 2 is 1.88 bits per heavy atom. The first kappa shape index (κ1) is 13.5. The molecule has 1 aromatic rings. The van der Waals surface area contributed by atoms with E-state index in [4.69, 9.17) is 0 Å². The van der Waals surface area contributed by atoms with E-state index in [1.165, 1.54) is 11.6 Å². The minimum Gasteiger partial charge on any atom is -0.322 e. The van der Waals surface area contributed by atoms with Gasteiger partial charge in [-0.3, -0.25) is 4.79 Å². The Morgan fingerprint density at radius 1 is 1.24 bits per heavy atom. The summed E-state index contributed by atoms with van der Waals surface area (Å²) in [4.78, 5) is 11.4. The number of hydrogen-bond acceptors (Lipinski definition) is 1. The molecular formula is C15H21NO. The Hall–Kier alpha value is -1.57. The zero-order chi connectivity index (χ0) is 13.0. The van der Waals surface area contributed by atoms with Crippen LogP contribution in [-0.4, -0.2) is 5.91 Å². The molecule has 1 aromatic carbocycles. The lowest BCUT2D eigenvalue weighted by atomic mass is 9.95. The van der Waals surface area contributed by atoms with Gasteiger partial charge in [0.2, 0.25) is 5.91 Å². The monoisotopic (exact) mass is 231 g/mol. The highest BCUT2D eigenvalue weighted by molar-refractivity contribution is 5.99. The van der Waals surface area contributed by atoms with Crippen molar-refractivity contribution in [1.29, 1.82) is 0 Å². The Labute approximate surface area is 104 Å². The van der Waals surface area contributed by atoms with Gasteiger partial charge in [0, 0.05) is 5.69 Å². The summed E-state index contributed by atoms with van der Waals surface area (Å²) in [5, 5.41) is 2.88. The van der Waals surface area contributed by atoms with Crippen LogP contribution in [0.4, 0.5) is 5.69 Å². The third-order valence-corrected chi connectivity index (χ3v) is 2.81. The van der Waals surface area contributed by atoms with E-state index >= 15 is 0 Å². The van der Waals surface area contributed by atoms with Crippen LogP contribution in [0.1, 0.15) is 50.7 Å². The highest BCUT2D eigenvalue weighted by atomic mass is 16.1. The van der Waals surface area contributed by atoms with Crippen LogP contribution in [0.15, 0.2) is 30.9 Å². The van der Waals surface area contributed by atoms with Crippen molar-refractivity contribution in [3.05, 3.63) is 42.0 Å². The number of hydrogen-bond donors (Lipinski definition) is 1. The summed E-state index contributed by atoms with van der Waals surface area (Å²) in [6, 6.07) is 6.28. The Morgan fingerprint density at radius 3 is 2.35 bits per heavy atom. The smallest absolute Gasteiger partial charge is 0.247 e. The van der Waals surface area contributed by atoms with Crippen LogP contribution in [0.25, 0.3) is 0 Å². The molecule has 0 radical (unpaired) electrons. The van der Waals surface area contributed by atoms with Crippen molar-refractivity contribution in [1.82, 2.24) is 0 Å². The van der Waals surface area contributed by atoms with Gasteiger partial charge in [-0.15, -0.1) is 0 Å². The third-order valence-electron chi connectivity index (χ3n) is 2.81. The minimum atomic E-state index is -0.159. The van der Waals surface area contributed by atoms with Crippen molar-refractivity contribution in [2.24, 2.45) is 0 Å². The maximum absolute atomic E-state index is 11.4. The fourth-order valence-corrected chi connectivity index (χ4v) is 1.73. The first-order valence-corrected chi connectivity index (χ1v) is 6.03. The summed E-state index contributed by atoms with van der Waals surface area (Å²) in [6.45, 7) is 12.0. The predicted octanol–water partition coefficient (Wildman–Crippen LogP) is 4.06. The summed E-state index contributed by atoms with van der Waals surface area (Å²) in [6.07, 6.45) is 1.30. The number of carbonyl (C=O) groups is 1. The molecule has 0 aliphatic rings. The second-order valence-corrected chi connectivity index (χ2v) is 4.85. The third kappa shape index (κ3) is 3.45. The van der Waals surface area contributed by atoms with Crippen molar-refractivity contribution < 1.29 is 4.79 Å². The fourth-order valence-electron chi connectivity index (χ4n) is 1.73. The van der Waals surface area contributed by atoms with Crippen molar-refractivity contribution in [3.8, 4) is 0 Å². The Kier molecular flexibility index (Phi) is 4.50. The molecule has 0 aromatic heterocycles. The second kappa shape index (κ2) is 5.67. The average Bonchev–Trinajstić information content (AvgIpc) is 2.28. The number of anilines is 1. The summed E-state index contributed by atoms with van der Waals surface area (Å²) in [7, 11) is 0. The quantitative estimate of drug-likeness (QED) is 0.778. The molecule has 0 aliphatic heterocycles. The molecule has 17 heavy (non-hydrogen) atoms. The van der Waals surface area contributed by atoms with E-state index in [2.05, 4.69) is 57.8 Å². The maximum Gasteiger partial charge on any atom is 0.247 e. The van der Waals surface area contributed by atoms with E-state index in [9.17, 15) is 4.79 Å². The van der Waals surface area contributed by atoms with E-state index in [-0.39, 0.29) is 5.91 Å². The standard InChI is InChI=1S/C15H21NO/c1-6-15(17)16-14-9-12(10(2)3)7-8-13(14)11(4)5/h6-11H,1H2,2-5H3,(H,16,17). The molecule has 1 amide bonds. The number of nitrogens with one attached hydrogen (secondary N) is 1. The number of amides is 1. The van der Waals surface area contributed by atoms with Gasteiger partial charge in [0.05, 0.1) is 0 Å². The molecule has 0 aliphatic carbocycles. The van der Waals surface area contributed by atoms with Crippen molar-refractivity contribution in [3.63, 3.8) is 0 Å². The van der Waals surface area contributed by atoms with Gasteiger partial charge >= 0.3 is 0 Å². The van der Waals surface area contributed by atoms with E-state index in [0.717, 1.165) is 11.3 Å². The summed E-state index contributed by atoms with van der Waals surface area (Å²) in [5.41, 5.74) is 3.29. The normalized spacial score (nSPS) is 10.7. The van der Waals surface area contributed by atoms with E-state index in [0.29, 0.717) is 11.8 Å². The van der Waals surface area contributed by atoms with Gasteiger partial charge in [-0.2, -0.15) is 0 Å². The minimum absolute atomic E-state index is 0.159. The first-order chi connectivity index (χ1) is 7.95. The summed E-state index contributed by atoms with van der Waals surface area (Å²) < 4.78 is 0. The largest absolute Gasteiger partial charge is 0.322 e. The SMILES string of the molecule is C=CC(=O)Nc1cc(C(C)C)ccc1C(C)C. The van der Waals surface area contributed by atoms with Crippen LogP contribution in [-0.2, 0) is 4.79 Å². The van der Waals surface area contributed by atoms with Crippen molar-refractivity contribution >= 4 is 11.6 Å². The summed E-state index contributed by atoms with van der Waals surface area (Å²) in [5.74, 6) is 0.680. The summed E-state index contributed by atoms with van der Waals surface area (Å²) >= 11 is 0. The van der Waals surface area contributed by atoms with Gasteiger partial charge in [0.1, 0.15) is 0 Å². The molecule has 1 rings (SSSR count). The van der Waals surface area contributed by atoms with Gasteiger partial charge < -0.3 is 5.32 Å². The van der Waals surface area contributed by atoms with Crippen molar-refractivity contribution in [2.45, 2.75) is 39.5 Å². The number of benzene rings is 1. The van der Waals surface area contributed by atoms with Crippen LogP contribution < -0.4 is 5.32 Å². The van der Waals surface area contributed by atoms with Gasteiger partial charge in [-0.1, -0.05) is 46.4 Å². The maximum atomic E-state index is 11.4. The lowest BCUT2D eigenvalue weighted by molar-refractivity contribution is -0.111. The average molecular weight is 231 g/mol. The highest BCUT2D eigenvalue weighted by Crippen LogP contribution is 2.28. The van der Waals surface area contributed by atoms with E-state index in [1.807, 2.05) is 0 Å². The highest BCUT2D eigenvalue weighted by Gasteiger charge is 2.10. The topological polar surface area (TPSA) is 29.1 Å². The first-order valence-electron chi connectivity index (χ1n) is 6.03. The van der Waals surface area contributed by atoms with Crippen LogP contribution in [0.2, 0.25) is 0 Å². The molecule has 1 N–H and O–H groups in total. The van der Waals surface area contributed by atoms with Gasteiger partial charge in [-0.05, 0) is 35.1 Å². The zero-order valence-corrected chi connectivity index (χ0v) is 11.1. The molecule has 0 spiro atoms. The molecule has 0 bridgehead atoms. The molecule has 0 unspecified atom stereocenters. The molecule has 0 saturated carbocycles. The number of carbonyl (C=O) groups excluding carboxylic acids is 1. The number of rotatable bonds is 4. The Bertz CT molecular complexity index is 419. The molecule has 92 valence electrons. The molecular weight excluding hydrogens is 210 g/mol. The van der Waals surface area contributed by atoms with Gasteiger partial charge in [-0.25, -0.2) is 0 Å². The van der Waals surface area contributed by atoms with E-state index in [1.54, 1.807) is 0 Å². The second-order valence-electron chi connectivity index (χ2n) is 4.85. The predicted molar refractivity (Wildman–Crippen MR) is 73.4 cm³/mol. The van der Waals surface area contributed by atoms with Crippen molar-refractivity contribution in [2.75, 3.05) is 5.32 Å². The molecule has 0 fully saturated rings. The lowest BCUT2D eigenvalue weighted by Crippen LogP contribution is -2.10. The van der Waals surface area contributed by atoms with Crippen LogP contribution >= 0.6 is 0 Å². The Balaban J connectivity index is 3.15. The molecule has 2 heteroatoms. The van der Waals surface area contributed by atoms with E-state index < -0.39 is 0 Å². The molecule has 0 saturated heterocycles. The zero-order valence-electron chi connectivity index (χ0n) is 11.1. The van der Waals surface area contributed by atoms with Gasteiger partial charge in [0.15, 0.2) is 0 Å². The lowest BCUT2D eigenvalue weighted by Gasteiger charge is -2.16. The van der Waals surface area contributed by atoms with Gasteiger partial charge in [0.25, 0.3) is 0 Å². The van der Waals surface area contributed by atoms with Crippen LogP contribution in [0.3, 0.4) is 0 Å².